The quantitative estimate of drug-likeness (QED) is 0.558. The topological polar surface area (TPSA) is 9.23 Å². The third kappa shape index (κ3) is 3.83. The Balaban J connectivity index is 1.68. The van der Waals surface area contributed by atoms with Crippen molar-refractivity contribution in [3.8, 4) is 11.5 Å². The van der Waals surface area contributed by atoms with E-state index in [4.69, 9.17) is 4.74 Å². The van der Waals surface area contributed by atoms with Crippen LogP contribution in [0, 0.1) is 0 Å². The Bertz CT molecular complexity index is 698. The molecule has 3 rings (SSSR count). The van der Waals surface area contributed by atoms with Crippen LogP contribution in [-0.2, 0) is 0 Å². The van der Waals surface area contributed by atoms with Crippen molar-refractivity contribution in [3.63, 3.8) is 0 Å². The highest BCUT2D eigenvalue weighted by Gasteiger charge is 1.95. The molecule has 0 bridgehead atoms. The zero-order valence-electron chi connectivity index (χ0n) is 11.6. The van der Waals surface area contributed by atoms with Gasteiger partial charge in [0.2, 0.25) is 0 Å². The molecule has 0 heterocycles. The van der Waals surface area contributed by atoms with E-state index in [1.165, 1.54) is 5.56 Å². The molecule has 0 atom stereocenters. The summed E-state index contributed by atoms with van der Waals surface area (Å²) in [6.45, 7) is 0. The molecule has 0 N–H and O–H groups in total. The maximum atomic E-state index is 5.77. The van der Waals surface area contributed by atoms with Crippen molar-refractivity contribution in [3.05, 3.63) is 96.1 Å². The summed E-state index contributed by atoms with van der Waals surface area (Å²) in [7, 11) is 0. The molecule has 1 nitrogen and oxygen atoms in total. The molecule has 21 heavy (non-hydrogen) atoms. The van der Waals surface area contributed by atoms with E-state index in [1.807, 2.05) is 60.7 Å². The van der Waals surface area contributed by atoms with E-state index in [0.717, 1.165) is 17.1 Å². The van der Waals surface area contributed by atoms with Gasteiger partial charge < -0.3 is 4.74 Å². The van der Waals surface area contributed by atoms with Crippen LogP contribution in [0.3, 0.4) is 0 Å². The molecule has 0 aromatic heterocycles. The minimum absolute atomic E-state index is 0.845. The zero-order chi connectivity index (χ0) is 14.3. The Morgan fingerprint density at radius 1 is 0.476 bits per heavy atom. The Labute approximate surface area is 125 Å². The number of rotatable bonds is 4. The summed E-state index contributed by atoms with van der Waals surface area (Å²) in [5.41, 5.74) is 2.35. The molecule has 0 amide bonds. The lowest BCUT2D eigenvalue weighted by atomic mass is 10.1. The molecule has 0 aliphatic heterocycles. The van der Waals surface area contributed by atoms with Crippen molar-refractivity contribution < 1.29 is 4.74 Å². The second-order valence-corrected chi connectivity index (χ2v) is 4.73. The first-order valence-electron chi connectivity index (χ1n) is 6.96. The lowest BCUT2D eigenvalue weighted by molar-refractivity contribution is 0.482. The van der Waals surface area contributed by atoms with E-state index in [-0.39, 0.29) is 0 Å². The third-order valence-corrected chi connectivity index (χ3v) is 3.13. The molecule has 0 saturated carbocycles. The molecule has 0 aliphatic rings. The summed E-state index contributed by atoms with van der Waals surface area (Å²) in [6.07, 6.45) is 4.20. The van der Waals surface area contributed by atoms with Gasteiger partial charge in [-0.1, -0.05) is 72.8 Å². The molecule has 0 saturated heterocycles. The van der Waals surface area contributed by atoms with Gasteiger partial charge in [-0.25, -0.2) is 0 Å². The van der Waals surface area contributed by atoms with Gasteiger partial charge in [0, 0.05) is 0 Å². The first kappa shape index (κ1) is 13.2. The van der Waals surface area contributed by atoms with Crippen LogP contribution in [0.25, 0.3) is 12.2 Å². The Morgan fingerprint density at radius 3 is 1.57 bits per heavy atom. The maximum absolute atomic E-state index is 5.77. The van der Waals surface area contributed by atoms with Gasteiger partial charge in [0.05, 0.1) is 0 Å². The molecule has 0 unspecified atom stereocenters. The van der Waals surface area contributed by atoms with Crippen LogP contribution in [0.4, 0.5) is 0 Å². The lowest BCUT2D eigenvalue weighted by Gasteiger charge is -2.05. The van der Waals surface area contributed by atoms with E-state index < -0.39 is 0 Å². The molecule has 3 aromatic rings. The molecular weight excluding hydrogens is 256 g/mol. The van der Waals surface area contributed by atoms with E-state index in [2.05, 4.69) is 36.4 Å². The largest absolute Gasteiger partial charge is 0.457 e. The van der Waals surface area contributed by atoms with Crippen molar-refractivity contribution in [2.24, 2.45) is 0 Å². The van der Waals surface area contributed by atoms with Gasteiger partial charge in [-0.05, 0) is 35.4 Å². The molecule has 0 aliphatic carbocycles. The molecule has 102 valence electrons. The smallest absolute Gasteiger partial charge is 0.127 e. The van der Waals surface area contributed by atoms with Crippen LogP contribution in [-0.4, -0.2) is 0 Å². The van der Waals surface area contributed by atoms with Crippen LogP contribution >= 0.6 is 0 Å². The maximum Gasteiger partial charge on any atom is 0.127 e. The fraction of sp³-hybridized carbons (Fsp3) is 0. The summed E-state index contributed by atoms with van der Waals surface area (Å²) >= 11 is 0. The number of ether oxygens (including phenoxy) is 1. The average Bonchev–Trinajstić information content (AvgIpc) is 2.56. The minimum Gasteiger partial charge on any atom is -0.457 e. The van der Waals surface area contributed by atoms with Crippen LogP contribution < -0.4 is 4.74 Å². The Kier molecular flexibility index (Phi) is 4.13. The Morgan fingerprint density at radius 2 is 0.952 bits per heavy atom. The summed E-state index contributed by atoms with van der Waals surface area (Å²) < 4.78 is 5.77. The normalized spacial score (nSPS) is 10.7. The molecule has 3 aromatic carbocycles. The fourth-order valence-corrected chi connectivity index (χ4v) is 2.03. The predicted octanol–water partition coefficient (Wildman–Crippen LogP) is 5.65. The summed E-state index contributed by atoms with van der Waals surface area (Å²) in [4.78, 5) is 0. The molecule has 0 radical (unpaired) electrons. The zero-order valence-corrected chi connectivity index (χ0v) is 11.6. The fourth-order valence-electron chi connectivity index (χ4n) is 2.03. The van der Waals surface area contributed by atoms with Gasteiger partial charge in [0.1, 0.15) is 11.5 Å². The monoisotopic (exact) mass is 272 g/mol. The number of hydrogen-bond donors (Lipinski definition) is 0. The SMILES string of the molecule is C(=C/c1ccc(Oc2ccccc2)cc1)/c1ccccc1. The average molecular weight is 272 g/mol. The van der Waals surface area contributed by atoms with Gasteiger partial charge in [-0.3, -0.25) is 0 Å². The van der Waals surface area contributed by atoms with Crippen LogP contribution in [0.15, 0.2) is 84.9 Å². The standard InChI is InChI=1S/C20H16O/c1-3-7-17(8-4-1)11-12-18-13-15-20(16-14-18)21-19-9-5-2-6-10-19/h1-16H/b12-11-. The van der Waals surface area contributed by atoms with Crippen LogP contribution in [0.1, 0.15) is 11.1 Å². The molecule has 1 heteroatoms. The summed E-state index contributed by atoms with van der Waals surface area (Å²) in [6, 6.07) is 28.1. The van der Waals surface area contributed by atoms with Gasteiger partial charge >= 0.3 is 0 Å². The molecule has 0 spiro atoms. The Hall–Kier alpha value is -2.80. The third-order valence-electron chi connectivity index (χ3n) is 3.13. The van der Waals surface area contributed by atoms with Crippen molar-refractivity contribution in [1.29, 1.82) is 0 Å². The lowest BCUT2D eigenvalue weighted by Crippen LogP contribution is -1.83. The first-order chi connectivity index (χ1) is 10.4. The number of benzene rings is 3. The van der Waals surface area contributed by atoms with E-state index in [1.54, 1.807) is 0 Å². The summed E-state index contributed by atoms with van der Waals surface area (Å²) in [5.74, 6) is 1.70. The number of hydrogen-bond acceptors (Lipinski definition) is 1. The van der Waals surface area contributed by atoms with E-state index >= 15 is 0 Å². The highest BCUT2D eigenvalue weighted by Crippen LogP contribution is 2.21. The van der Waals surface area contributed by atoms with E-state index in [9.17, 15) is 0 Å². The highest BCUT2D eigenvalue weighted by atomic mass is 16.5. The van der Waals surface area contributed by atoms with Gasteiger partial charge in [0.25, 0.3) is 0 Å². The highest BCUT2D eigenvalue weighted by molar-refractivity contribution is 5.69. The van der Waals surface area contributed by atoms with Crippen LogP contribution in [0.2, 0.25) is 0 Å². The van der Waals surface area contributed by atoms with Gasteiger partial charge in [-0.15, -0.1) is 0 Å². The first-order valence-corrected chi connectivity index (χ1v) is 6.96. The van der Waals surface area contributed by atoms with Crippen LogP contribution in [0.5, 0.6) is 11.5 Å². The molecule has 0 fully saturated rings. The van der Waals surface area contributed by atoms with Crippen molar-refractivity contribution in [2.75, 3.05) is 0 Å². The van der Waals surface area contributed by atoms with Gasteiger partial charge in [-0.2, -0.15) is 0 Å². The predicted molar refractivity (Wildman–Crippen MR) is 88.3 cm³/mol. The summed E-state index contributed by atoms with van der Waals surface area (Å²) in [5, 5.41) is 0. The number of para-hydroxylation sites is 1. The second-order valence-electron chi connectivity index (χ2n) is 4.73. The molecular formula is C20H16O. The second kappa shape index (κ2) is 6.58. The van der Waals surface area contributed by atoms with Crippen molar-refractivity contribution >= 4 is 12.2 Å². The van der Waals surface area contributed by atoms with Crippen molar-refractivity contribution in [2.45, 2.75) is 0 Å². The van der Waals surface area contributed by atoms with E-state index in [0.29, 0.717) is 0 Å². The van der Waals surface area contributed by atoms with Crippen molar-refractivity contribution in [1.82, 2.24) is 0 Å². The van der Waals surface area contributed by atoms with Gasteiger partial charge in [0.15, 0.2) is 0 Å². The minimum atomic E-state index is 0.845.